The molecule has 12 atom stereocenters. The van der Waals surface area contributed by atoms with E-state index in [2.05, 4.69) is 32.9 Å². The van der Waals surface area contributed by atoms with Gasteiger partial charge >= 0.3 is 5.97 Å². The van der Waals surface area contributed by atoms with E-state index in [1.54, 1.807) is 0 Å². The summed E-state index contributed by atoms with van der Waals surface area (Å²) in [6.45, 7) is 9.86. The van der Waals surface area contributed by atoms with Crippen LogP contribution in [-0.4, -0.2) is 60.3 Å². The van der Waals surface area contributed by atoms with Crippen molar-refractivity contribution in [3.63, 3.8) is 0 Å². The molecular formula is C26H36O7. The van der Waals surface area contributed by atoms with Crippen LogP contribution in [0.5, 0.6) is 0 Å². The number of carbonyl (C=O) groups is 1. The highest BCUT2D eigenvalue weighted by Gasteiger charge is 2.90. The molecule has 0 aromatic rings. The number of ether oxygens (including phenoxy) is 5. The molecule has 1 spiro atoms. The molecule has 7 aliphatic rings. The van der Waals surface area contributed by atoms with E-state index < -0.39 is 29.6 Å². The number of carbonyl (C=O) groups excluding carboxylic acids is 1. The third-order valence-corrected chi connectivity index (χ3v) is 11.1. The summed E-state index contributed by atoms with van der Waals surface area (Å²) in [6, 6.07) is 0. The van der Waals surface area contributed by atoms with E-state index in [0.29, 0.717) is 42.8 Å². The maximum absolute atomic E-state index is 11.7. The Morgan fingerprint density at radius 2 is 1.88 bits per heavy atom. The zero-order valence-electron chi connectivity index (χ0n) is 20.0. The number of aliphatic hydroxyl groups is 1. The van der Waals surface area contributed by atoms with Crippen LogP contribution in [0, 0.1) is 40.4 Å². The second-order valence-corrected chi connectivity index (χ2v) is 12.2. The first kappa shape index (κ1) is 21.3. The molecule has 0 aromatic carbocycles. The highest BCUT2D eigenvalue weighted by molar-refractivity contribution is 5.67. The topological polar surface area (TPSA) is 90.1 Å². The molecule has 1 N–H and O–H groups in total. The molecule has 3 heterocycles. The number of fused-ring (bicyclic) bond motifs is 6. The van der Waals surface area contributed by atoms with Gasteiger partial charge in [0.15, 0.2) is 18.5 Å². The smallest absolute Gasteiger partial charge is 0.305 e. The van der Waals surface area contributed by atoms with Crippen LogP contribution in [0.1, 0.15) is 53.4 Å². The van der Waals surface area contributed by atoms with Gasteiger partial charge in [-0.3, -0.25) is 4.79 Å². The van der Waals surface area contributed by atoms with Gasteiger partial charge in [0.25, 0.3) is 5.79 Å². The van der Waals surface area contributed by atoms with Gasteiger partial charge in [-0.1, -0.05) is 32.9 Å². The molecule has 0 radical (unpaired) electrons. The van der Waals surface area contributed by atoms with Gasteiger partial charge in [-0.15, -0.1) is 0 Å². The standard InChI is InChI=1S/C26H36O7/c1-13(21-29-11-12-30-21)16-5-6-17-15-7-10-25-22(33-25)26(28,32-14(2)27)20-19(31-20)24(25,4)18(15)8-9-23(16,17)3/h7,10,13,15-22,28H,5-6,8-9,11-12H2,1-4H3/t13?,15-,16+,17-,18-,19-,20+,22-,23+,24-,25+,26-/m0/s1. The summed E-state index contributed by atoms with van der Waals surface area (Å²) in [5.74, 6) is 0.304. The minimum absolute atomic E-state index is 0.0653. The van der Waals surface area contributed by atoms with Gasteiger partial charge in [0.2, 0.25) is 0 Å². The van der Waals surface area contributed by atoms with Crippen molar-refractivity contribution in [3.05, 3.63) is 12.2 Å². The Morgan fingerprint density at radius 3 is 2.61 bits per heavy atom. The van der Waals surface area contributed by atoms with Crippen molar-refractivity contribution < 1.29 is 33.6 Å². The minimum Gasteiger partial charge on any atom is -0.427 e. The van der Waals surface area contributed by atoms with E-state index in [-0.39, 0.29) is 23.2 Å². The van der Waals surface area contributed by atoms with E-state index in [0.717, 1.165) is 6.42 Å². The largest absolute Gasteiger partial charge is 0.427 e. The summed E-state index contributed by atoms with van der Waals surface area (Å²) in [7, 11) is 0. The maximum atomic E-state index is 11.7. The van der Waals surface area contributed by atoms with E-state index in [9.17, 15) is 9.90 Å². The molecule has 0 amide bonds. The molecule has 0 aromatic heterocycles. The highest BCUT2D eigenvalue weighted by Crippen LogP contribution is 2.76. The van der Waals surface area contributed by atoms with Gasteiger partial charge in [-0.25, -0.2) is 0 Å². The summed E-state index contributed by atoms with van der Waals surface area (Å²) in [6.07, 6.45) is 8.03. The van der Waals surface area contributed by atoms with Gasteiger partial charge < -0.3 is 28.8 Å². The molecule has 3 saturated carbocycles. The Balaban J connectivity index is 1.20. The van der Waals surface area contributed by atoms with Crippen molar-refractivity contribution in [2.45, 2.75) is 89.4 Å². The summed E-state index contributed by atoms with van der Waals surface area (Å²) < 4.78 is 29.6. The third kappa shape index (κ3) is 2.41. The molecule has 4 aliphatic carbocycles. The molecule has 3 saturated heterocycles. The Kier molecular flexibility index (Phi) is 4.14. The normalized spacial score (nSPS) is 59.0. The first-order chi connectivity index (χ1) is 15.7. The van der Waals surface area contributed by atoms with Crippen LogP contribution in [0.3, 0.4) is 0 Å². The fourth-order valence-electron chi connectivity index (χ4n) is 9.56. The molecular weight excluding hydrogens is 424 g/mol. The van der Waals surface area contributed by atoms with Crippen molar-refractivity contribution in [1.82, 2.24) is 0 Å². The first-order valence-electron chi connectivity index (χ1n) is 12.8. The lowest BCUT2D eigenvalue weighted by Crippen LogP contribution is -2.64. The molecule has 33 heavy (non-hydrogen) atoms. The van der Waals surface area contributed by atoms with Crippen LogP contribution < -0.4 is 0 Å². The van der Waals surface area contributed by atoms with Crippen molar-refractivity contribution in [2.75, 3.05) is 13.2 Å². The van der Waals surface area contributed by atoms with Crippen LogP contribution in [0.15, 0.2) is 12.2 Å². The molecule has 0 bridgehead atoms. The average molecular weight is 461 g/mol. The molecule has 7 rings (SSSR count). The summed E-state index contributed by atoms with van der Waals surface area (Å²) in [4.78, 5) is 11.7. The van der Waals surface area contributed by atoms with Gasteiger partial charge in [0, 0.05) is 18.3 Å². The molecule has 7 nitrogen and oxygen atoms in total. The lowest BCUT2D eigenvalue weighted by atomic mass is 9.45. The zero-order valence-corrected chi connectivity index (χ0v) is 20.0. The lowest BCUT2D eigenvalue weighted by Gasteiger charge is -2.57. The molecule has 182 valence electrons. The quantitative estimate of drug-likeness (QED) is 0.300. The van der Waals surface area contributed by atoms with Crippen LogP contribution >= 0.6 is 0 Å². The average Bonchev–Trinajstić information content (AvgIpc) is 3.63. The Morgan fingerprint density at radius 1 is 1.12 bits per heavy atom. The minimum atomic E-state index is -1.69. The van der Waals surface area contributed by atoms with Crippen molar-refractivity contribution in [3.8, 4) is 0 Å². The van der Waals surface area contributed by atoms with Gasteiger partial charge in [0.1, 0.15) is 5.60 Å². The number of allylic oxidation sites excluding steroid dienone is 1. The van der Waals surface area contributed by atoms with Crippen molar-refractivity contribution in [1.29, 1.82) is 0 Å². The molecule has 7 heteroatoms. The third-order valence-electron chi connectivity index (χ3n) is 11.1. The number of epoxide rings is 2. The van der Waals surface area contributed by atoms with Gasteiger partial charge in [-0.05, 0) is 54.8 Å². The predicted molar refractivity (Wildman–Crippen MR) is 116 cm³/mol. The molecule has 1 unspecified atom stereocenters. The number of hydrogen-bond acceptors (Lipinski definition) is 7. The Labute approximate surface area is 195 Å². The number of rotatable bonds is 3. The van der Waals surface area contributed by atoms with E-state index >= 15 is 0 Å². The highest BCUT2D eigenvalue weighted by atomic mass is 16.8. The zero-order chi connectivity index (χ0) is 23.0. The van der Waals surface area contributed by atoms with E-state index in [1.165, 1.54) is 26.2 Å². The lowest BCUT2D eigenvalue weighted by molar-refractivity contribution is -0.226. The second-order valence-electron chi connectivity index (χ2n) is 12.2. The van der Waals surface area contributed by atoms with Crippen molar-refractivity contribution in [2.24, 2.45) is 40.4 Å². The monoisotopic (exact) mass is 460 g/mol. The van der Waals surface area contributed by atoms with Crippen molar-refractivity contribution >= 4 is 5.97 Å². The second kappa shape index (κ2) is 6.41. The number of hydrogen-bond donors (Lipinski definition) is 1. The summed E-state index contributed by atoms with van der Waals surface area (Å²) in [5, 5.41) is 11.2. The van der Waals surface area contributed by atoms with Crippen LogP contribution in [0.4, 0.5) is 0 Å². The predicted octanol–water partition coefficient (Wildman–Crippen LogP) is 2.80. The van der Waals surface area contributed by atoms with E-state index in [4.69, 9.17) is 23.7 Å². The SMILES string of the molecule is CC(=O)O[C@@]1(O)[C@@H]2O[C@@H]2[C@]2(C)[C@H]3CC[C@]4(C)[C@@H](C(C)C5OCCO5)CC[C@H]4[C@@H]3C=C[C@]23O[C@H]13. The summed E-state index contributed by atoms with van der Waals surface area (Å²) >= 11 is 0. The van der Waals surface area contributed by atoms with Crippen LogP contribution in [0.2, 0.25) is 0 Å². The molecule has 6 fully saturated rings. The van der Waals surface area contributed by atoms with Gasteiger partial charge in [-0.2, -0.15) is 0 Å². The van der Waals surface area contributed by atoms with Crippen LogP contribution in [0.25, 0.3) is 0 Å². The number of esters is 1. The fraction of sp³-hybridized carbons (Fsp3) is 0.885. The fourth-order valence-corrected chi connectivity index (χ4v) is 9.56. The van der Waals surface area contributed by atoms with Gasteiger partial charge in [0.05, 0.1) is 19.3 Å². The molecule has 3 aliphatic heterocycles. The summed E-state index contributed by atoms with van der Waals surface area (Å²) in [5.41, 5.74) is -0.570. The Hall–Kier alpha value is -0.990. The van der Waals surface area contributed by atoms with Crippen LogP contribution in [-0.2, 0) is 28.5 Å². The Bertz CT molecular complexity index is 914. The first-order valence-corrected chi connectivity index (χ1v) is 12.8. The maximum Gasteiger partial charge on any atom is 0.305 e. The van der Waals surface area contributed by atoms with E-state index in [1.807, 2.05) is 0 Å².